The molecule has 0 atom stereocenters. The van der Waals surface area contributed by atoms with Crippen LogP contribution in [-0.2, 0) is 0 Å². The largest absolute Gasteiger partial charge is 0.455 e. The third-order valence-corrected chi connectivity index (χ3v) is 11.8. The molecule has 0 spiro atoms. The van der Waals surface area contributed by atoms with E-state index in [2.05, 4.69) is 140 Å². The van der Waals surface area contributed by atoms with Crippen molar-refractivity contribution in [2.24, 2.45) is 0 Å². The fourth-order valence-electron chi connectivity index (χ4n) is 8.48. The maximum Gasteiger partial charge on any atom is 0.164 e. The van der Waals surface area contributed by atoms with Crippen molar-refractivity contribution < 1.29 is 4.42 Å². The molecule has 0 saturated heterocycles. The minimum atomic E-state index is 0.670. The second-order valence-corrected chi connectivity index (χ2v) is 14.3. The number of hydrogen-bond acceptors (Lipinski definition) is 4. The number of hydrogen-bond donors (Lipinski definition) is 0. The Labute approximate surface area is 289 Å². The molecular weight excluding hydrogens is 629 g/mol. The zero-order chi connectivity index (χ0) is 32.5. The molecule has 3 aromatic heterocycles. The molecule has 0 fully saturated rings. The summed E-state index contributed by atoms with van der Waals surface area (Å²) in [5.41, 5.74) is 10.5. The second kappa shape index (κ2) is 9.63. The molecule has 0 aliphatic heterocycles. The monoisotopic (exact) mass is 652 g/mol. The highest BCUT2D eigenvalue weighted by atomic mass is 32.1. The van der Waals surface area contributed by atoms with E-state index in [4.69, 9.17) is 14.4 Å². The number of aromatic nitrogens is 2. The Bertz CT molecular complexity index is 3270. The fourth-order valence-corrected chi connectivity index (χ4v) is 9.62. The van der Waals surface area contributed by atoms with Crippen LogP contribution in [0.15, 0.2) is 150 Å². The highest BCUT2D eigenvalue weighted by Crippen LogP contribution is 2.54. The second-order valence-electron chi connectivity index (χ2n) is 13.2. The Balaban J connectivity index is 1.25. The summed E-state index contributed by atoms with van der Waals surface area (Å²) in [5.74, 6) is 0.670. The molecule has 12 rings (SSSR count). The number of para-hydroxylation sites is 1. The van der Waals surface area contributed by atoms with E-state index >= 15 is 0 Å². The molecule has 1 aliphatic rings. The van der Waals surface area contributed by atoms with Gasteiger partial charge in [0.1, 0.15) is 11.2 Å². The molecule has 4 heteroatoms. The SMILES string of the molecule is c1cc2c3c(cccc3c1)-c1c-2cc(-c2nc(-c3cc4ccccc4c4ccccc34)c3sc4ccccc4c3n2)c2oc3ccccc3c12. The first kappa shape index (κ1) is 26.6. The standard InChI is InChI=1S/C46H24N2OS/c1-2-14-27-26(11-1)23-35(29-16-4-3-15-28(27)29)43-45-42(32-18-6-8-22-38(32)50-45)47-46(48-43)36-24-34-30-19-9-12-25-13-10-20-33(39(25)30)40(34)41-31-17-5-7-21-37(31)49-44(36)41/h1-24H. The summed E-state index contributed by atoms with van der Waals surface area (Å²) in [6.45, 7) is 0. The van der Waals surface area contributed by atoms with E-state index in [-0.39, 0.29) is 0 Å². The third-order valence-electron chi connectivity index (χ3n) is 10.6. The van der Waals surface area contributed by atoms with Gasteiger partial charge in [-0.2, -0.15) is 0 Å². The van der Waals surface area contributed by atoms with E-state index in [9.17, 15) is 0 Å². The van der Waals surface area contributed by atoms with Crippen LogP contribution in [0.1, 0.15) is 0 Å². The number of furan rings is 1. The summed E-state index contributed by atoms with van der Waals surface area (Å²) < 4.78 is 9.13. The Hall–Kier alpha value is -6.36. The topological polar surface area (TPSA) is 38.9 Å². The van der Waals surface area contributed by atoms with Crippen molar-refractivity contribution in [2.75, 3.05) is 0 Å². The average Bonchev–Trinajstić information content (AvgIpc) is 3.85. The Morgan fingerprint density at radius 2 is 1.16 bits per heavy atom. The van der Waals surface area contributed by atoms with Crippen LogP contribution in [-0.4, -0.2) is 9.97 Å². The summed E-state index contributed by atoms with van der Waals surface area (Å²) >= 11 is 1.77. The first-order valence-electron chi connectivity index (χ1n) is 16.9. The maximum absolute atomic E-state index is 6.84. The first-order valence-corrected chi connectivity index (χ1v) is 17.7. The normalized spacial score (nSPS) is 12.4. The predicted octanol–water partition coefficient (Wildman–Crippen LogP) is 13.2. The van der Waals surface area contributed by atoms with Crippen LogP contribution < -0.4 is 0 Å². The molecule has 3 nitrogen and oxygen atoms in total. The van der Waals surface area contributed by atoms with Crippen molar-refractivity contribution in [3.63, 3.8) is 0 Å². The van der Waals surface area contributed by atoms with Crippen molar-refractivity contribution in [2.45, 2.75) is 0 Å². The highest BCUT2D eigenvalue weighted by Gasteiger charge is 2.29. The number of rotatable bonds is 2. The summed E-state index contributed by atoms with van der Waals surface area (Å²) in [5, 5.41) is 10.7. The number of benzene rings is 8. The number of nitrogens with zero attached hydrogens (tertiary/aromatic N) is 2. The van der Waals surface area contributed by atoms with Gasteiger partial charge in [-0.25, -0.2) is 9.97 Å². The van der Waals surface area contributed by atoms with Gasteiger partial charge in [0.15, 0.2) is 5.82 Å². The maximum atomic E-state index is 6.84. The highest BCUT2D eigenvalue weighted by molar-refractivity contribution is 7.26. The van der Waals surface area contributed by atoms with Gasteiger partial charge in [0, 0.05) is 32.0 Å². The molecule has 8 aromatic carbocycles. The molecule has 0 saturated carbocycles. The Morgan fingerprint density at radius 3 is 2.04 bits per heavy atom. The van der Waals surface area contributed by atoms with Gasteiger partial charge in [-0.1, -0.05) is 121 Å². The lowest BCUT2D eigenvalue weighted by Gasteiger charge is -2.13. The quantitative estimate of drug-likeness (QED) is 0.174. The fraction of sp³-hybridized carbons (Fsp3) is 0. The van der Waals surface area contributed by atoms with Crippen molar-refractivity contribution in [1.82, 2.24) is 9.97 Å². The summed E-state index contributed by atoms with van der Waals surface area (Å²) in [6, 6.07) is 52.2. The third kappa shape index (κ3) is 3.43. The molecule has 0 radical (unpaired) electrons. The molecular formula is C46H24N2OS. The van der Waals surface area contributed by atoms with E-state index in [1.807, 2.05) is 6.07 Å². The van der Waals surface area contributed by atoms with Gasteiger partial charge in [0.25, 0.3) is 0 Å². The molecule has 230 valence electrons. The lowest BCUT2D eigenvalue weighted by atomic mass is 9.94. The molecule has 50 heavy (non-hydrogen) atoms. The molecule has 3 heterocycles. The van der Waals surface area contributed by atoms with Gasteiger partial charge in [-0.15, -0.1) is 11.3 Å². The molecule has 1 aliphatic carbocycles. The van der Waals surface area contributed by atoms with Crippen LogP contribution in [0.3, 0.4) is 0 Å². The molecule has 0 bridgehead atoms. The van der Waals surface area contributed by atoms with Crippen LogP contribution in [0.5, 0.6) is 0 Å². The number of thiophene rings is 1. The van der Waals surface area contributed by atoms with Crippen molar-refractivity contribution in [3.8, 4) is 44.9 Å². The van der Waals surface area contributed by atoms with E-state index in [1.54, 1.807) is 11.3 Å². The van der Waals surface area contributed by atoms with Gasteiger partial charge in [-0.05, 0) is 73.3 Å². The minimum Gasteiger partial charge on any atom is -0.455 e. The minimum absolute atomic E-state index is 0.670. The van der Waals surface area contributed by atoms with Crippen LogP contribution in [0.2, 0.25) is 0 Å². The smallest absolute Gasteiger partial charge is 0.164 e. The van der Waals surface area contributed by atoms with Gasteiger partial charge in [0.2, 0.25) is 0 Å². The van der Waals surface area contributed by atoms with Gasteiger partial charge in [-0.3, -0.25) is 0 Å². The summed E-state index contributed by atoms with van der Waals surface area (Å²) in [4.78, 5) is 11.0. The molecule has 11 aromatic rings. The molecule has 0 unspecified atom stereocenters. The van der Waals surface area contributed by atoms with Crippen LogP contribution in [0.25, 0.3) is 119 Å². The zero-order valence-corrected chi connectivity index (χ0v) is 27.4. The van der Waals surface area contributed by atoms with Gasteiger partial charge in [0.05, 0.1) is 21.5 Å². The van der Waals surface area contributed by atoms with E-state index < -0.39 is 0 Å². The average molecular weight is 653 g/mol. The Morgan fingerprint density at radius 1 is 0.460 bits per heavy atom. The van der Waals surface area contributed by atoms with Crippen LogP contribution in [0, 0.1) is 0 Å². The van der Waals surface area contributed by atoms with Gasteiger partial charge >= 0.3 is 0 Å². The van der Waals surface area contributed by atoms with Crippen molar-refractivity contribution in [1.29, 1.82) is 0 Å². The molecule has 0 N–H and O–H groups in total. The molecule has 0 amide bonds. The van der Waals surface area contributed by atoms with Crippen molar-refractivity contribution in [3.05, 3.63) is 146 Å². The van der Waals surface area contributed by atoms with Crippen LogP contribution >= 0.6 is 11.3 Å². The summed E-state index contributed by atoms with van der Waals surface area (Å²) in [7, 11) is 0. The van der Waals surface area contributed by atoms with Crippen LogP contribution in [0.4, 0.5) is 0 Å². The van der Waals surface area contributed by atoms with Gasteiger partial charge < -0.3 is 4.42 Å². The Kier molecular flexibility index (Phi) is 5.12. The zero-order valence-electron chi connectivity index (χ0n) is 26.6. The van der Waals surface area contributed by atoms with E-state index in [0.717, 1.165) is 54.4 Å². The first-order chi connectivity index (χ1) is 24.8. The van der Waals surface area contributed by atoms with E-state index in [0.29, 0.717) is 5.82 Å². The predicted molar refractivity (Wildman–Crippen MR) is 210 cm³/mol. The van der Waals surface area contributed by atoms with E-state index in [1.165, 1.54) is 59.3 Å². The lowest BCUT2D eigenvalue weighted by Crippen LogP contribution is -1.96. The van der Waals surface area contributed by atoms with Crippen molar-refractivity contribution >= 4 is 85.9 Å². The lowest BCUT2D eigenvalue weighted by molar-refractivity contribution is 0.669. The number of fused-ring (bicyclic) bond motifs is 13. The summed E-state index contributed by atoms with van der Waals surface area (Å²) in [6.07, 6.45) is 0.